The Bertz CT molecular complexity index is 1420. The molecule has 4 rings (SSSR count). The van der Waals surface area contributed by atoms with E-state index >= 15 is 0 Å². The van der Waals surface area contributed by atoms with Crippen LogP contribution in [0.5, 0.6) is 5.75 Å². The number of carbonyl (C=O) groups is 2. The fourth-order valence-corrected chi connectivity index (χ4v) is 4.85. The average molecular weight is 522 g/mol. The van der Waals surface area contributed by atoms with Crippen LogP contribution in [0, 0.1) is 0 Å². The molecule has 1 heterocycles. The van der Waals surface area contributed by atoms with Crippen LogP contribution < -0.4 is 4.74 Å². The van der Waals surface area contributed by atoms with Crippen molar-refractivity contribution in [3.8, 4) is 5.75 Å². The predicted molar refractivity (Wildman–Crippen MR) is 138 cm³/mol. The molecule has 1 atom stereocenters. The number of hydrogen-bond acceptors (Lipinski definition) is 7. The minimum Gasteiger partial charge on any atom is -0.497 e. The standard InChI is InChI=1S/C27H27N3O6S/c1-29(2)37(33,34)23-11-7-10-21(16-23)27(32)36-18-26(31)30-25(20-12-14-22(35-3)15-13-20)17-24(28-30)19-8-5-4-6-9-19/h4-16,25H,17-18H2,1-3H3/t25-/m1/s1. The van der Waals surface area contributed by atoms with Crippen LogP contribution in [0.3, 0.4) is 0 Å². The molecular formula is C27H27N3O6S. The number of benzene rings is 3. The Hall–Kier alpha value is -4.02. The number of sulfonamides is 1. The van der Waals surface area contributed by atoms with Gasteiger partial charge in [-0.05, 0) is 41.5 Å². The van der Waals surface area contributed by atoms with Crippen molar-refractivity contribution in [1.29, 1.82) is 0 Å². The summed E-state index contributed by atoms with van der Waals surface area (Å²) in [5.74, 6) is -0.620. The molecular weight excluding hydrogens is 494 g/mol. The van der Waals surface area contributed by atoms with Crippen molar-refractivity contribution < 1.29 is 27.5 Å². The second-order valence-electron chi connectivity index (χ2n) is 8.54. The highest BCUT2D eigenvalue weighted by atomic mass is 32.2. The van der Waals surface area contributed by atoms with Crippen LogP contribution in [0.15, 0.2) is 88.9 Å². The Balaban J connectivity index is 1.53. The summed E-state index contributed by atoms with van der Waals surface area (Å²) in [5, 5.41) is 5.91. The first-order valence-electron chi connectivity index (χ1n) is 11.5. The number of carbonyl (C=O) groups excluding carboxylic acids is 2. The van der Waals surface area contributed by atoms with Crippen molar-refractivity contribution in [1.82, 2.24) is 9.31 Å². The maximum Gasteiger partial charge on any atom is 0.338 e. The molecule has 0 bridgehead atoms. The summed E-state index contributed by atoms with van der Waals surface area (Å²) < 4.78 is 36.3. The highest BCUT2D eigenvalue weighted by Gasteiger charge is 2.33. The van der Waals surface area contributed by atoms with E-state index in [1.165, 1.54) is 43.4 Å². The molecule has 0 aromatic heterocycles. The van der Waals surface area contributed by atoms with E-state index in [1.54, 1.807) is 7.11 Å². The molecule has 3 aromatic rings. The second-order valence-corrected chi connectivity index (χ2v) is 10.7. The third-order valence-electron chi connectivity index (χ3n) is 5.95. The third kappa shape index (κ3) is 5.71. The molecule has 0 saturated carbocycles. The number of hydrazone groups is 1. The van der Waals surface area contributed by atoms with E-state index in [1.807, 2.05) is 54.6 Å². The molecule has 0 unspecified atom stereocenters. The summed E-state index contributed by atoms with van der Waals surface area (Å²) in [6, 6.07) is 22.0. The predicted octanol–water partition coefficient (Wildman–Crippen LogP) is 3.48. The van der Waals surface area contributed by atoms with Gasteiger partial charge in [-0.25, -0.2) is 22.5 Å². The van der Waals surface area contributed by atoms with Crippen molar-refractivity contribution in [3.05, 3.63) is 95.6 Å². The van der Waals surface area contributed by atoms with Gasteiger partial charge in [0.2, 0.25) is 10.0 Å². The Morgan fingerprint density at radius 3 is 2.35 bits per heavy atom. The lowest BCUT2D eigenvalue weighted by atomic mass is 9.98. The van der Waals surface area contributed by atoms with E-state index in [-0.39, 0.29) is 16.5 Å². The summed E-state index contributed by atoms with van der Waals surface area (Å²) in [6.07, 6.45) is 0.487. The van der Waals surface area contributed by atoms with Gasteiger partial charge in [-0.2, -0.15) is 5.10 Å². The molecule has 0 spiro atoms. The lowest BCUT2D eigenvalue weighted by Gasteiger charge is -2.22. The van der Waals surface area contributed by atoms with Gasteiger partial charge in [0.05, 0.1) is 29.3 Å². The van der Waals surface area contributed by atoms with Crippen LogP contribution >= 0.6 is 0 Å². The van der Waals surface area contributed by atoms with Crippen LogP contribution in [0.2, 0.25) is 0 Å². The van der Waals surface area contributed by atoms with E-state index in [0.29, 0.717) is 12.2 Å². The monoisotopic (exact) mass is 521 g/mol. The Kier molecular flexibility index (Phi) is 7.70. The highest BCUT2D eigenvalue weighted by molar-refractivity contribution is 7.89. The fourth-order valence-electron chi connectivity index (χ4n) is 3.90. The van der Waals surface area contributed by atoms with Crippen LogP contribution in [0.1, 0.15) is 33.9 Å². The zero-order chi connectivity index (χ0) is 26.6. The van der Waals surface area contributed by atoms with E-state index in [0.717, 1.165) is 21.1 Å². The zero-order valence-electron chi connectivity index (χ0n) is 20.7. The number of esters is 1. The van der Waals surface area contributed by atoms with Gasteiger partial charge in [-0.15, -0.1) is 0 Å². The number of hydrogen-bond donors (Lipinski definition) is 0. The van der Waals surface area contributed by atoms with Crippen LogP contribution in [-0.4, -0.2) is 63.1 Å². The van der Waals surface area contributed by atoms with Gasteiger partial charge in [0, 0.05) is 20.5 Å². The Morgan fingerprint density at radius 1 is 1.00 bits per heavy atom. The quantitative estimate of drug-likeness (QED) is 0.420. The van der Waals surface area contributed by atoms with E-state index in [9.17, 15) is 18.0 Å². The topological polar surface area (TPSA) is 106 Å². The van der Waals surface area contributed by atoms with Crippen molar-refractivity contribution in [3.63, 3.8) is 0 Å². The van der Waals surface area contributed by atoms with Gasteiger partial charge < -0.3 is 9.47 Å². The summed E-state index contributed by atoms with van der Waals surface area (Å²) in [7, 11) is 0.654. The number of nitrogens with zero attached hydrogens (tertiary/aromatic N) is 3. The van der Waals surface area contributed by atoms with Crippen molar-refractivity contribution >= 4 is 27.6 Å². The number of rotatable bonds is 8. The van der Waals surface area contributed by atoms with E-state index in [2.05, 4.69) is 5.10 Å². The molecule has 0 radical (unpaired) electrons. The van der Waals surface area contributed by atoms with Crippen molar-refractivity contribution in [2.75, 3.05) is 27.8 Å². The summed E-state index contributed by atoms with van der Waals surface area (Å²) in [5.41, 5.74) is 2.52. The lowest BCUT2D eigenvalue weighted by Crippen LogP contribution is -2.31. The third-order valence-corrected chi connectivity index (χ3v) is 7.76. The lowest BCUT2D eigenvalue weighted by molar-refractivity contribution is -0.136. The van der Waals surface area contributed by atoms with E-state index in [4.69, 9.17) is 9.47 Å². The molecule has 37 heavy (non-hydrogen) atoms. The molecule has 0 fully saturated rings. The van der Waals surface area contributed by atoms with Crippen LogP contribution in [-0.2, 0) is 19.6 Å². The summed E-state index contributed by atoms with van der Waals surface area (Å²) in [4.78, 5) is 25.8. The maximum absolute atomic E-state index is 13.2. The molecule has 0 saturated heterocycles. The minimum absolute atomic E-state index is 0.0253. The Morgan fingerprint density at radius 2 is 1.70 bits per heavy atom. The molecule has 10 heteroatoms. The molecule has 0 aliphatic carbocycles. The number of methoxy groups -OCH3 is 1. The smallest absolute Gasteiger partial charge is 0.338 e. The Labute approximate surface area is 216 Å². The number of amides is 1. The number of ether oxygens (including phenoxy) is 2. The molecule has 1 aliphatic rings. The molecule has 192 valence electrons. The fraction of sp³-hybridized carbons (Fsp3) is 0.222. The SMILES string of the molecule is COc1ccc([C@H]2CC(c3ccccc3)=NN2C(=O)COC(=O)c2cccc(S(=O)(=O)N(C)C)c2)cc1. The van der Waals surface area contributed by atoms with Gasteiger partial charge in [0.1, 0.15) is 5.75 Å². The van der Waals surface area contributed by atoms with Crippen LogP contribution in [0.4, 0.5) is 0 Å². The zero-order valence-corrected chi connectivity index (χ0v) is 21.5. The van der Waals surface area contributed by atoms with Gasteiger partial charge in [-0.1, -0.05) is 48.5 Å². The second kappa shape index (κ2) is 10.9. The van der Waals surface area contributed by atoms with Gasteiger partial charge >= 0.3 is 5.97 Å². The molecule has 1 amide bonds. The molecule has 3 aromatic carbocycles. The molecule has 9 nitrogen and oxygen atoms in total. The first-order valence-corrected chi connectivity index (χ1v) is 12.9. The first-order chi connectivity index (χ1) is 17.7. The van der Waals surface area contributed by atoms with Crippen molar-refractivity contribution in [2.45, 2.75) is 17.4 Å². The van der Waals surface area contributed by atoms with Gasteiger partial charge in [0.25, 0.3) is 5.91 Å². The molecule has 0 N–H and O–H groups in total. The summed E-state index contributed by atoms with van der Waals surface area (Å²) >= 11 is 0. The maximum atomic E-state index is 13.2. The minimum atomic E-state index is -3.73. The largest absolute Gasteiger partial charge is 0.497 e. The van der Waals surface area contributed by atoms with Gasteiger partial charge in [0.15, 0.2) is 6.61 Å². The van der Waals surface area contributed by atoms with E-state index < -0.39 is 28.5 Å². The normalized spacial score (nSPS) is 15.4. The highest BCUT2D eigenvalue weighted by Crippen LogP contribution is 2.33. The van der Waals surface area contributed by atoms with Crippen LogP contribution in [0.25, 0.3) is 0 Å². The van der Waals surface area contributed by atoms with Gasteiger partial charge in [-0.3, -0.25) is 4.79 Å². The average Bonchev–Trinajstić information content (AvgIpc) is 3.38. The molecule has 1 aliphatic heterocycles. The van der Waals surface area contributed by atoms with Crippen molar-refractivity contribution in [2.24, 2.45) is 5.10 Å². The first kappa shape index (κ1) is 26.1. The summed E-state index contributed by atoms with van der Waals surface area (Å²) in [6.45, 7) is -0.554.